The molecule has 12 heteroatoms. The summed E-state index contributed by atoms with van der Waals surface area (Å²) >= 11 is 0. The van der Waals surface area contributed by atoms with Crippen LogP contribution in [-0.4, -0.2) is 116 Å². The molecule has 0 aromatic rings. The first kappa shape index (κ1) is 31.0. The minimum atomic E-state index is -2.26. The second-order valence-corrected chi connectivity index (χ2v) is 9.27. The van der Waals surface area contributed by atoms with Crippen LogP contribution in [0, 0.1) is 0 Å². The lowest BCUT2D eigenvalue weighted by Gasteiger charge is -2.43. The fourth-order valence-electron chi connectivity index (χ4n) is 4.16. The molecule has 0 bridgehead atoms. The SMILES string of the molecule is CCCCCC/C=C\CCCC(=O)OC[C@@]1(O[C@H]2O[C@H](CO)[C@@H](O)[C@H](O)[C@H]2O)O[C@H](CO)[C@@H](O)[C@@H]1O. The third-order valence-corrected chi connectivity index (χ3v) is 6.43. The molecule has 2 heterocycles. The lowest BCUT2D eigenvalue weighted by atomic mass is 9.99. The molecule has 2 aliphatic heterocycles. The van der Waals surface area contributed by atoms with Gasteiger partial charge in [0.25, 0.3) is 0 Å². The van der Waals surface area contributed by atoms with Gasteiger partial charge in [0, 0.05) is 6.42 Å². The van der Waals surface area contributed by atoms with Crippen molar-refractivity contribution in [3.05, 3.63) is 12.2 Å². The number of hydrogen-bond donors (Lipinski definition) is 7. The van der Waals surface area contributed by atoms with Gasteiger partial charge in [-0.3, -0.25) is 4.79 Å². The van der Waals surface area contributed by atoms with Crippen LogP contribution in [0.15, 0.2) is 12.2 Å². The number of carbonyl (C=O) groups is 1. The highest BCUT2D eigenvalue weighted by atomic mass is 16.8. The average molecular weight is 523 g/mol. The molecule has 0 saturated carbocycles. The van der Waals surface area contributed by atoms with E-state index in [4.69, 9.17) is 18.9 Å². The highest BCUT2D eigenvalue weighted by Crippen LogP contribution is 2.36. The summed E-state index contributed by atoms with van der Waals surface area (Å²) in [6.07, 6.45) is -1.94. The Labute approximate surface area is 211 Å². The van der Waals surface area contributed by atoms with E-state index >= 15 is 0 Å². The zero-order valence-electron chi connectivity index (χ0n) is 20.7. The standard InChI is InChI=1S/C24H42O12/c1-2-3-4-5-6-7-8-9-10-11-17(27)33-14-24(22(32)19(29)16(13-26)35-24)36-23-21(31)20(30)18(28)15(12-25)34-23/h7-8,15-16,18-23,25-26,28-32H,2-6,9-14H2,1H3/b8-7-/t15-,16-,18-,19-,20+,21-,22+,23-,24+/m1/s1. The van der Waals surface area contributed by atoms with E-state index in [1.807, 2.05) is 6.08 Å². The largest absolute Gasteiger partial charge is 0.460 e. The Kier molecular flexibility index (Phi) is 13.2. The second-order valence-electron chi connectivity index (χ2n) is 9.27. The number of ether oxygens (including phenoxy) is 4. The third-order valence-electron chi connectivity index (χ3n) is 6.43. The van der Waals surface area contributed by atoms with Gasteiger partial charge in [0.2, 0.25) is 5.79 Å². The van der Waals surface area contributed by atoms with Gasteiger partial charge in [-0.05, 0) is 25.7 Å². The van der Waals surface area contributed by atoms with Gasteiger partial charge in [-0.25, -0.2) is 0 Å². The van der Waals surface area contributed by atoms with Crippen LogP contribution in [-0.2, 0) is 23.7 Å². The Morgan fingerprint density at radius 2 is 1.53 bits per heavy atom. The van der Waals surface area contributed by atoms with E-state index < -0.39 is 80.6 Å². The van der Waals surface area contributed by atoms with Crippen LogP contribution >= 0.6 is 0 Å². The van der Waals surface area contributed by atoms with Gasteiger partial charge in [0.05, 0.1) is 13.2 Å². The summed E-state index contributed by atoms with van der Waals surface area (Å²) in [6.45, 7) is 0.0236. The van der Waals surface area contributed by atoms with E-state index in [2.05, 4.69) is 13.0 Å². The Morgan fingerprint density at radius 3 is 2.14 bits per heavy atom. The first-order valence-corrected chi connectivity index (χ1v) is 12.6. The summed E-state index contributed by atoms with van der Waals surface area (Å²) in [7, 11) is 0. The van der Waals surface area contributed by atoms with Gasteiger partial charge in [0.1, 0.15) is 49.3 Å². The van der Waals surface area contributed by atoms with Crippen molar-refractivity contribution in [2.45, 2.75) is 113 Å². The van der Waals surface area contributed by atoms with Crippen molar-refractivity contribution >= 4 is 5.97 Å². The second kappa shape index (κ2) is 15.3. The average Bonchev–Trinajstić information content (AvgIpc) is 3.11. The maximum Gasteiger partial charge on any atom is 0.305 e. The molecule has 0 unspecified atom stereocenters. The lowest BCUT2D eigenvalue weighted by molar-refractivity contribution is -0.383. The summed E-state index contributed by atoms with van der Waals surface area (Å²) in [5.74, 6) is -2.88. The van der Waals surface area contributed by atoms with Crippen molar-refractivity contribution in [1.82, 2.24) is 0 Å². The lowest BCUT2D eigenvalue weighted by Crippen LogP contribution is -2.62. The van der Waals surface area contributed by atoms with Gasteiger partial charge in [-0.15, -0.1) is 0 Å². The zero-order chi connectivity index (χ0) is 26.7. The maximum absolute atomic E-state index is 12.3. The molecule has 0 radical (unpaired) electrons. The predicted molar refractivity (Wildman–Crippen MR) is 124 cm³/mol. The minimum Gasteiger partial charge on any atom is -0.460 e. The van der Waals surface area contributed by atoms with Crippen molar-refractivity contribution in [2.24, 2.45) is 0 Å². The Hall–Kier alpha value is -1.19. The number of unbranched alkanes of at least 4 members (excludes halogenated alkanes) is 5. The normalized spacial score (nSPS) is 37.0. The summed E-state index contributed by atoms with van der Waals surface area (Å²) in [4.78, 5) is 12.3. The molecule has 2 aliphatic rings. The van der Waals surface area contributed by atoms with E-state index in [-0.39, 0.29) is 6.42 Å². The van der Waals surface area contributed by atoms with E-state index in [9.17, 15) is 40.5 Å². The molecule has 0 spiro atoms. The summed E-state index contributed by atoms with van der Waals surface area (Å²) in [5, 5.41) is 70.0. The Balaban J connectivity index is 1.95. The molecule has 9 atom stereocenters. The molecule has 2 fully saturated rings. The molecule has 36 heavy (non-hydrogen) atoms. The molecule has 2 saturated heterocycles. The molecule has 12 nitrogen and oxygen atoms in total. The highest BCUT2D eigenvalue weighted by Gasteiger charge is 2.59. The van der Waals surface area contributed by atoms with Gasteiger partial charge >= 0.3 is 5.97 Å². The molecular formula is C24H42O12. The topological polar surface area (TPSA) is 196 Å². The van der Waals surface area contributed by atoms with Gasteiger partial charge < -0.3 is 54.7 Å². The minimum absolute atomic E-state index is 0.0678. The summed E-state index contributed by atoms with van der Waals surface area (Å²) in [6, 6.07) is 0. The fourth-order valence-corrected chi connectivity index (χ4v) is 4.16. The van der Waals surface area contributed by atoms with Crippen molar-refractivity contribution in [2.75, 3.05) is 19.8 Å². The van der Waals surface area contributed by atoms with Gasteiger partial charge in [0.15, 0.2) is 6.29 Å². The molecule has 0 aromatic carbocycles. The van der Waals surface area contributed by atoms with Crippen LogP contribution in [0.4, 0.5) is 0 Å². The van der Waals surface area contributed by atoms with Crippen molar-refractivity contribution < 1.29 is 59.5 Å². The van der Waals surface area contributed by atoms with E-state index in [1.54, 1.807) is 0 Å². The molecule has 0 aliphatic carbocycles. The van der Waals surface area contributed by atoms with Gasteiger partial charge in [-0.2, -0.15) is 0 Å². The van der Waals surface area contributed by atoms with Gasteiger partial charge in [-0.1, -0.05) is 38.3 Å². The van der Waals surface area contributed by atoms with Crippen LogP contribution in [0.25, 0.3) is 0 Å². The highest BCUT2D eigenvalue weighted by molar-refractivity contribution is 5.69. The van der Waals surface area contributed by atoms with Crippen molar-refractivity contribution in [3.63, 3.8) is 0 Å². The molecule has 0 aromatic heterocycles. The van der Waals surface area contributed by atoms with Crippen molar-refractivity contribution in [1.29, 1.82) is 0 Å². The number of aliphatic hydroxyl groups is 7. The van der Waals surface area contributed by atoms with Crippen LogP contribution in [0.3, 0.4) is 0 Å². The molecule has 7 N–H and O–H groups in total. The Morgan fingerprint density at radius 1 is 0.861 bits per heavy atom. The number of esters is 1. The van der Waals surface area contributed by atoms with Crippen LogP contribution < -0.4 is 0 Å². The smallest absolute Gasteiger partial charge is 0.305 e. The number of hydrogen-bond acceptors (Lipinski definition) is 12. The summed E-state index contributed by atoms with van der Waals surface area (Å²) in [5.41, 5.74) is 0. The number of rotatable bonds is 15. The first-order chi connectivity index (χ1) is 17.2. The predicted octanol–water partition coefficient (Wildman–Crippen LogP) is -1.15. The Bertz CT molecular complexity index is 673. The maximum atomic E-state index is 12.3. The van der Waals surface area contributed by atoms with E-state index in [1.165, 1.54) is 19.3 Å². The molecule has 0 amide bonds. The fraction of sp³-hybridized carbons (Fsp3) is 0.875. The van der Waals surface area contributed by atoms with Crippen LogP contribution in [0.1, 0.15) is 58.3 Å². The summed E-state index contributed by atoms with van der Waals surface area (Å²) < 4.78 is 21.6. The molecule has 2 rings (SSSR count). The number of aliphatic hydroxyl groups excluding tert-OH is 7. The third kappa shape index (κ3) is 8.15. The molecule has 210 valence electrons. The van der Waals surface area contributed by atoms with Crippen molar-refractivity contribution in [3.8, 4) is 0 Å². The van der Waals surface area contributed by atoms with Crippen LogP contribution in [0.5, 0.6) is 0 Å². The quantitative estimate of drug-likeness (QED) is 0.0776. The number of carbonyl (C=O) groups excluding carboxylic acids is 1. The zero-order valence-corrected chi connectivity index (χ0v) is 20.7. The van der Waals surface area contributed by atoms with Crippen LogP contribution in [0.2, 0.25) is 0 Å². The van der Waals surface area contributed by atoms with E-state index in [0.717, 1.165) is 12.8 Å². The number of allylic oxidation sites excluding steroid dienone is 2. The monoisotopic (exact) mass is 522 g/mol. The first-order valence-electron chi connectivity index (χ1n) is 12.6. The van der Waals surface area contributed by atoms with E-state index in [0.29, 0.717) is 12.8 Å². The molecular weight excluding hydrogens is 480 g/mol.